The third-order valence-electron chi connectivity index (χ3n) is 5.32. The number of aromatic nitrogens is 2. The molecule has 33 heavy (non-hydrogen) atoms. The van der Waals surface area contributed by atoms with Crippen LogP contribution in [0.3, 0.4) is 0 Å². The van der Waals surface area contributed by atoms with Crippen molar-refractivity contribution in [3.63, 3.8) is 0 Å². The van der Waals surface area contributed by atoms with E-state index in [1.165, 1.54) is 36.2 Å². The van der Waals surface area contributed by atoms with Crippen LogP contribution in [-0.2, 0) is 18.3 Å². The minimum atomic E-state index is -0.796. The molecule has 178 valence electrons. The van der Waals surface area contributed by atoms with Crippen molar-refractivity contribution < 1.29 is 23.8 Å². The van der Waals surface area contributed by atoms with Crippen molar-refractivity contribution in [2.75, 3.05) is 6.54 Å². The standard InChI is InChI=1S/C23H29FN4O5/c1-13-10-16(28(12-13)22(32)33-23(2,3)4)19-26-17(18(29)21(31)27(19)5)20(30)25-11-14-6-8-15(24)9-7-14/h6-9,13,16,29H,10-12H2,1-5H3,(H,25,30)/t13-,16+/m1/s1. The molecule has 2 heterocycles. The Morgan fingerprint density at radius 2 is 1.91 bits per heavy atom. The molecule has 2 N–H and O–H groups in total. The number of hydrogen-bond acceptors (Lipinski definition) is 6. The van der Waals surface area contributed by atoms with Gasteiger partial charge in [0.15, 0.2) is 5.69 Å². The Morgan fingerprint density at radius 3 is 2.52 bits per heavy atom. The molecule has 1 saturated heterocycles. The summed E-state index contributed by atoms with van der Waals surface area (Å²) in [5, 5.41) is 12.9. The van der Waals surface area contributed by atoms with Gasteiger partial charge in [0.05, 0.1) is 6.04 Å². The highest BCUT2D eigenvalue weighted by Gasteiger charge is 2.39. The largest absolute Gasteiger partial charge is 0.501 e. The lowest BCUT2D eigenvalue weighted by atomic mass is 10.1. The average Bonchev–Trinajstić information content (AvgIpc) is 3.12. The molecule has 0 radical (unpaired) electrons. The molecule has 1 aromatic heterocycles. The van der Waals surface area contributed by atoms with Crippen LogP contribution in [0.4, 0.5) is 9.18 Å². The van der Waals surface area contributed by atoms with E-state index in [0.29, 0.717) is 18.5 Å². The molecule has 10 heteroatoms. The highest BCUT2D eigenvalue weighted by molar-refractivity contribution is 5.94. The maximum absolute atomic E-state index is 13.1. The van der Waals surface area contributed by atoms with Gasteiger partial charge in [-0.2, -0.15) is 0 Å². The Balaban J connectivity index is 1.91. The number of likely N-dealkylation sites (tertiary alicyclic amines) is 1. The normalized spacial score (nSPS) is 18.3. The maximum Gasteiger partial charge on any atom is 0.410 e. The summed E-state index contributed by atoms with van der Waals surface area (Å²) < 4.78 is 19.7. The second-order valence-electron chi connectivity index (χ2n) is 9.33. The molecule has 1 aliphatic rings. The van der Waals surface area contributed by atoms with E-state index in [4.69, 9.17) is 4.74 Å². The number of benzene rings is 1. The summed E-state index contributed by atoms with van der Waals surface area (Å²) in [6.07, 6.45) is -0.0255. The SMILES string of the molecule is C[C@@H]1C[C@@H](c2nc(C(=O)NCc3ccc(F)cc3)c(O)c(=O)n2C)N(C(=O)OC(C)(C)C)C1. The van der Waals surface area contributed by atoms with Crippen LogP contribution in [0.1, 0.15) is 62.0 Å². The van der Waals surface area contributed by atoms with Crippen LogP contribution < -0.4 is 10.9 Å². The molecule has 1 aliphatic heterocycles. The number of aromatic hydroxyl groups is 1. The molecule has 1 fully saturated rings. The summed E-state index contributed by atoms with van der Waals surface area (Å²) in [4.78, 5) is 44.0. The van der Waals surface area contributed by atoms with Crippen molar-refractivity contribution in [2.45, 2.75) is 52.3 Å². The number of nitrogens with zero attached hydrogens (tertiary/aromatic N) is 3. The Hall–Kier alpha value is -3.43. The molecule has 2 atom stereocenters. The smallest absolute Gasteiger partial charge is 0.410 e. The van der Waals surface area contributed by atoms with E-state index in [1.54, 1.807) is 20.8 Å². The molecular weight excluding hydrogens is 431 g/mol. The molecule has 0 saturated carbocycles. The lowest BCUT2D eigenvalue weighted by Crippen LogP contribution is -2.39. The van der Waals surface area contributed by atoms with Gasteiger partial charge in [0.2, 0.25) is 5.75 Å². The quantitative estimate of drug-likeness (QED) is 0.725. The zero-order valence-corrected chi connectivity index (χ0v) is 19.4. The molecule has 1 aromatic carbocycles. The van der Waals surface area contributed by atoms with Gasteiger partial charge in [-0.1, -0.05) is 19.1 Å². The summed E-state index contributed by atoms with van der Waals surface area (Å²) in [6.45, 7) is 7.70. The van der Waals surface area contributed by atoms with E-state index in [9.17, 15) is 23.9 Å². The fourth-order valence-corrected chi connectivity index (χ4v) is 3.74. The number of ether oxygens (including phenoxy) is 1. The van der Waals surface area contributed by atoms with E-state index >= 15 is 0 Å². The summed E-state index contributed by atoms with van der Waals surface area (Å²) in [5.41, 5.74) is -1.30. The van der Waals surface area contributed by atoms with Crippen molar-refractivity contribution in [1.82, 2.24) is 19.8 Å². The minimum absolute atomic E-state index is 0.0509. The van der Waals surface area contributed by atoms with Crippen molar-refractivity contribution in [3.8, 4) is 5.75 Å². The molecule has 0 bridgehead atoms. The van der Waals surface area contributed by atoms with E-state index in [2.05, 4.69) is 10.3 Å². The second kappa shape index (κ2) is 9.21. The number of amides is 2. The first-order valence-electron chi connectivity index (χ1n) is 10.7. The fraction of sp³-hybridized carbons (Fsp3) is 0.478. The third kappa shape index (κ3) is 5.50. The van der Waals surface area contributed by atoms with E-state index < -0.39 is 46.5 Å². The number of hydrogen-bond donors (Lipinski definition) is 2. The molecule has 0 spiro atoms. The summed E-state index contributed by atoms with van der Waals surface area (Å²) in [6, 6.07) is 4.95. The van der Waals surface area contributed by atoms with E-state index in [1.807, 2.05) is 6.92 Å². The van der Waals surface area contributed by atoms with Crippen molar-refractivity contribution >= 4 is 12.0 Å². The monoisotopic (exact) mass is 460 g/mol. The van der Waals surface area contributed by atoms with Crippen molar-refractivity contribution in [1.29, 1.82) is 0 Å². The van der Waals surface area contributed by atoms with Crippen LogP contribution >= 0.6 is 0 Å². The highest BCUT2D eigenvalue weighted by atomic mass is 19.1. The average molecular weight is 461 g/mol. The topological polar surface area (TPSA) is 114 Å². The van der Waals surface area contributed by atoms with E-state index in [-0.39, 0.29) is 18.3 Å². The number of nitrogens with one attached hydrogen (secondary N) is 1. The van der Waals surface area contributed by atoms with Crippen LogP contribution in [-0.4, -0.2) is 43.7 Å². The number of carbonyl (C=O) groups excluding carboxylic acids is 2. The molecular formula is C23H29FN4O5. The van der Waals surface area contributed by atoms with Crippen LogP contribution in [0.15, 0.2) is 29.1 Å². The van der Waals surface area contributed by atoms with Gasteiger partial charge >= 0.3 is 6.09 Å². The zero-order chi connectivity index (χ0) is 24.5. The Labute approximate surface area is 191 Å². The molecule has 9 nitrogen and oxygen atoms in total. The molecule has 0 aliphatic carbocycles. The summed E-state index contributed by atoms with van der Waals surface area (Å²) in [5.74, 6) is -1.65. The molecule has 2 aromatic rings. The van der Waals surface area contributed by atoms with Crippen molar-refractivity contribution in [3.05, 3.63) is 57.5 Å². The third-order valence-corrected chi connectivity index (χ3v) is 5.32. The Kier molecular flexibility index (Phi) is 6.76. The van der Waals surface area contributed by atoms with Crippen LogP contribution in [0.5, 0.6) is 5.75 Å². The van der Waals surface area contributed by atoms with Gasteiger partial charge in [0.1, 0.15) is 17.2 Å². The van der Waals surface area contributed by atoms with Crippen LogP contribution in [0.2, 0.25) is 0 Å². The van der Waals surface area contributed by atoms with Gasteiger partial charge in [0, 0.05) is 20.1 Å². The predicted octanol–water partition coefficient (Wildman–Crippen LogP) is 2.87. The fourth-order valence-electron chi connectivity index (χ4n) is 3.74. The number of halogens is 1. The van der Waals surface area contributed by atoms with Crippen molar-refractivity contribution in [2.24, 2.45) is 13.0 Å². The maximum atomic E-state index is 13.1. The van der Waals surface area contributed by atoms with Crippen LogP contribution in [0, 0.1) is 11.7 Å². The molecule has 3 rings (SSSR count). The van der Waals surface area contributed by atoms with Gasteiger partial charge in [0.25, 0.3) is 11.5 Å². The zero-order valence-electron chi connectivity index (χ0n) is 19.4. The minimum Gasteiger partial charge on any atom is -0.501 e. The van der Waals surface area contributed by atoms with Crippen LogP contribution in [0.25, 0.3) is 0 Å². The first-order chi connectivity index (χ1) is 15.4. The van der Waals surface area contributed by atoms with E-state index in [0.717, 1.165) is 4.57 Å². The Morgan fingerprint density at radius 1 is 1.27 bits per heavy atom. The van der Waals surface area contributed by atoms with Gasteiger partial charge in [-0.3, -0.25) is 19.1 Å². The number of carbonyl (C=O) groups is 2. The van der Waals surface area contributed by atoms with Gasteiger partial charge < -0.3 is 15.2 Å². The van der Waals surface area contributed by atoms with Gasteiger partial charge in [-0.15, -0.1) is 0 Å². The summed E-state index contributed by atoms with van der Waals surface area (Å²) in [7, 11) is 1.43. The number of rotatable bonds is 4. The lowest BCUT2D eigenvalue weighted by molar-refractivity contribution is 0.0211. The molecule has 2 amide bonds. The summed E-state index contributed by atoms with van der Waals surface area (Å²) >= 11 is 0. The first-order valence-corrected chi connectivity index (χ1v) is 10.7. The first kappa shape index (κ1) is 24.2. The van der Waals surface area contributed by atoms with Gasteiger partial charge in [-0.25, -0.2) is 14.2 Å². The molecule has 0 unspecified atom stereocenters. The second-order valence-corrected chi connectivity index (χ2v) is 9.33. The predicted molar refractivity (Wildman–Crippen MR) is 118 cm³/mol. The highest BCUT2D eigenvalue weighted by Crippen LogP contribution is 2.35. The van der Waals surface area contributed by atoms with Gasteiger partial charge in [-0.05, 0) is 50.8 Å². The Bertz CT molecular complexity index is 1110. The lowest BCUT2D eigenvalue weighted by Gasteiger charge is -2.29.